The molecule has 1 aromatic carbocycles. The molecule has 1 atom stereocenters. The Bertz CT molecular complexity index is 701. The molecule has 0 unspecified atom stereocenters. The summed E-state index contributed by atoms with van der Waals surface area (Å²) in [7, 11) is -3.69. The van der Waals surface area contributed by atoms with Crippen LogP contribution in [-0.4, -0.2) is 57.4 Å². The van der Waals surface area contributed by atoms with Gasteiger partial charge >= 0.3 is 0 Å². The van der Waals surface area contributed by atoms with E-state index in [1.54, 1.807) is 0 Å². The zero-order chi connectivity index (χ0) is 18.6. The van der Waals surface area contributed by atoms with Gasteiger partial charge in [-0.1, -0.05) is 19.9 Å². The van der Waals surface area contributed by atoms with Gasteiger partial charge < -0.3 is 10.2 Å². The number of quaternary nitrogens is 1. The van der Waals surface area contributed by atoms with Gasteiger partial charge in [-0.25, -0.2) is 12.8 Å². The number of carbonyl (C=O) groups excluding carboxylic acids is 1. The maximum absolute atomic E-state index is 13.3. The minimum Gasteiger partial charge on any atom is -0.348 e. The predicted molar refractivity (Wildman–Crippen MR) is 93.2 cm³/mol. The summed E-state index contributed by atoms with van der Waals surface area (Å²) in [5.74, 6) is -0.217. The quantitative estimate of drug-likeness (QED) is 0.731. The Morgan fingerprint density at radius 1 is 1.28 bits per heavy atom. The molecule has 1 amide bonds. The SMILES string of the molecule is CC(C)[C@H](C)NC(=O)C[NH+]1CCN(S(=O)(=O)c2cccc(F)c2)CC1. The van der Waals surface area contributed by atoms with Gasteiger partial charge in [0.25, 0.3) is 5.91 Å². The van der Waals surface area contributed by atoms with E-state index >= 15 is 0 Å². The third kappa shape index (κ3) is 5.23. The smallest absolute Gasteiger partial charge is 0.275 e. The van der Waals surface area contributed by atoms with Crippen molar-refractivity contribution in [3.8, 4) is 0 Å². The third-order valence-corrected chi connectivity index (χ3v) is 6.56. The molecule has 0 aliphatic carbocycles. The first kappa shape index (κ1) is 19.8. The third-order valence-electron chi connectivity index (χ3n) is 4.66. The number of nitrogens with one attached hydrogen (secondary N) is 2. The van der Waals surface area contributed by atoms with Crippen molar-refractivity contribution in [1.29, 1.82) is 0 Å². The van der Waals surface area contributed by atoms with Crippen molar-refractivity contribution in [2.24, 2.45) is 5.92 Å². The van der Waals surface area contributed by atoms with Crippen LogP contribution in [0.25, 0.3) is 0 Å². The molecule has 1 aromatic rings. The molecule has 0 bridgehead atoms. The van der Waals surface area contributed by atoms with Gasteiger partial charge in [-0.15, -0.1) is 0 Å². The standard InChI is InChI=1S/C17H26FN3O3S/c1-13(2)14(3)19-17(22)12-20-7-9-21(10-8-20)25(23,24)16-6-4-5-15(18)11-16/h4-6,11,13-14H,7-10,12H2,1-3H3,(H,19,22)/p+1/t14-/m0/s1. The maximum Gasteiger partial charge on any atom is 0.275 e. The van der Waals surface area contributed by atoms with Crippen molar-refractivity contribution in [2.75, 3.05) is 32.7 Å². The number of amides is 1. The Labute approximate surface area is 149 Å². The highest BCUT2D eigenvalue weighted by atomic mass is 32.2. The number of benzene rings is 1. The summed E-state index contributed by atoms with van der Waals surface area (Å²) in [5.41, 5.74) is 0. The number of hydrogen-bond acceptors (Lipinski definition) is 3. The molecule has 140 valence electrons. The van der Waals surface area contributed by atoms with Crippen molar-refractivity contribution < 1.29 is 22.5 Å². The number of rotatable bonds is 6. The first-order valence-corrected chi connectivity index (χ1v) is 10.0. The highest BCUT2D eigenvalue weighted by Gasteiger charge is 2.31. The first-order valence-electron chi connectivity index (χ1n) is 8.59. The molecule has 1 fully saturated rings. The van der Waals surface area contributed by atoms with E-state index in [1.807, 2.05) is 20.8 Å². The number of piperazine rings is 1. The van der Waals surface area contributed by atoms with Crippen LogP contribution in [0.2, 0.25) is 0 Å². The van der Waals surface area contributed by atoms with Crippen LogP contribution >= 0.6 is 0 Å². The molecule has 8 heteroatoms. The van der Waals surface area contributed by atoms with Crippen molar-refractivity contribution in [3.05, 3.63) is 30.1 Å². The van der Waals surface area contributed by atoms with Crippen LogP contribution in [0.15, 0.2) is 29.2 Å². The monoisotopic (exact) mass is 372 g/mol. The van der Waals surface area contributed by atoms with Crippen LogP contribution in [0.5, 0.6) is 0 Å². The van der Waals surface area contributed by atoms with E-state index in [0.717, 1.165) is 11.0 Å². The van der Waals surface area contributed by atoms with E-state index in [9.17, 15) is 17.6 Å². The van der Waals surface area contributed by atoms with E-state index in [2.05, 4.69) is 5.32 Å². The minimum absolute atomic E-state index is 0.0161. The zero-order valence-electron chi connectivity index (χ0n) is 15.0. The summed E-state index contributed by atoms with van der Waals surface area (Å²) in [6, 6.07) is 5.16. The second-order valence-corrected chi connectivity index (χ2v) is 8.83. The molecule has 1 aliphatic rings. The zero-order valence-corrected chi connectivity index (χ0v) is 15.8. The minimum atomic E-state index is -3.69. The van der Waals surface area contributed by atoms with Crippen molar-refractivity contribution >= 4 is 15.9 Å². The summed E-state index contributed by atoms with van der Waals surface area (Å²) < 4.78 is 39.8. The number of hydrogen-bond donors (Lipinski definition) is 2. The molecule has 0 spiro atoms. The number of sulfonamides is 1. The number of halogens is 1. The fraction of sp³-hybridized carbons (Fsp3) is 0.588. The van der Waals surface area contributed by atoms with Gasteiger partial charge in [0.2, 0.25) is 10.0 Å². The van der Waals surface area contributed by atoms with Crippen LogP contribution in [0.1, 0.15) is 20.8 Å². The fourth-order valence-corrected chi connectivity index (χ4v) is 4.17. The Morgan fingerprint density at radius 3 is 2.48 bits per heavy atom. The van der Waals surface area contributed by atoms with E-state index in [-0.39, 0.29) is 16.8 Å². The lowest BCUT2D eigenvalue weighted by atomic mass is 10.1. The topological polar surface area (TPSA) is 70.9 Å². The Balaban J connectivity index is 1.90. The molecule has 2 N–H and O–H groups in total. The van der Waals surface area contributed by atoms with E-state index in [0.29, 0.717) is 38.6 Å². The highest BCUT2D eigenvalue weighted by molar-refractivity contribution is 7.89. The van der Waals surface area contributed by atoms with Crippen molar-refractivity contribution in [1.82, 2.24) is 9.62 Å². The van der Waals surface area contributed by atoms with Crippen LogP contribution in [0, 0.1) is 11.7 Å². The largest absolute Gasteiger partial charge is 0.348 e. The molecule has 2 rings (SSSR count). The Kier molecular flexibility index (Phi) is 6.53. The molecule has 0 radical (unpaired) electrons. The summed E-state index contributed by atoms with van der Waals surface area (Å²) in [5, 5.41) is 2.97. The normalized spacial score (nSPS) is 18.3. The summed E-state index contributed by atoms with van der Waals surface area (Å²) in [4.78, 5) is 13.1. The lowest BCUT2D eigenvalue weighted by Gasteiger charge is -2.31. The first-order chi connectivity index (χ1) is 11.7. The van der Waals surface area contributed by atoms with Crippen molar-refractivity contribution in [3.63, 3.8) is 0 Å². The van der Waals surface area contributed by atoms with Gasteiger partial charge in [-0.3, -0.25) is 4.79 Å². The van der Waals surface area contributed by atoms with Gasteiger partial charge in [-0.05, 0) is 31.0 Å². The van der Waals surface area contributed by atoms with Crippen LogP contribution in [0.3, 0.4) is 0 Å². The fourth-order valence-electron chi connectivity index (χ4n) is 2.69. The van der Waals surface area contributed by atoms with Gasteiger partial charge in [-0.2, -0.15) is 4.31 Å². The molecule has 0 saturated carbocycles. The molecule has 1 saturated heterocycles. The number of nitrogens with zero attached hydrogens (tertiary/aromatic N) is 1. The average Bonchev–Trinajstić information content (AvgIpc) is 2.55. The van der Waals surface area contributed by atoms with Gasteiger partial charge in [0, 0.05) is 6.04 Å². The molecule has 1 aliphatic heterocycles. The second-order valence-electron chi connectivity index (χ2n) is 6.89. The molecule has 25 heavy (non-hydrogen) atoms. The van der Waals surface area contributed by atoms with Crippen LogP contribution in [-0.2, 0) is 14.8 Å². The lowest BCUT2D eigenvalue weighted by Crippen LogP contribution is -3.15. The van der Waals surface area contributed by atoms with Gasteiger partial charge in [0.05, 0.1) is 31.1 Å². The molecule has 6 nitrogen and oxygen atoms in total. The van der Waals surface area contributed by atoms with Crippen LogP contribution < -0.4 is 10.2 Å². The van der Waals surface area contributed by atoms with Gasteiger partial charge in [0.15, 0.2) is 6.54 Å². The maximum atomic E-state index is 13.3. The average molecular weight is 372 g/mol. The molecular weight excluding hydrogens is 345 g/mol. The summed E-state index contributed by atoms with van der Waals surface area (Å²) in [6.07, 6.45) is 0. The van der Waals surface area contributed by atoms with Crippen LogP contribution in [0.4, 0.5) is 4.39 Å². The van der Waals surface area contributed by atoms with E-state index < -0.39 is 15.8 Å². The second kappa shape index (κ2) is 8.25. The van der Waals surface area contributed by atoms with E-state index in [1.165, 1.54) is 22.5 Å². The number of carbonyl (C=O) groups is 1. The Morgan fingerprint density at radius 2 is 1.92 bits per heavy atom. The van der Waals surface area contributed by atoms with E-state index in [4.69, 9.17) is 0 Å². The molecule has 0 aromatic heterocycles. The lowest BCUT2D eigenvalue weighted by molar-refractivity contribution is -0.895. The van der Waals surface area contributed by atoms with Crippen molar-refractivity contribution in [2.45, 2.75) is 31.7 Å². The summed E-state index contributed by atoms with van der Waals surface area (Å²) in [6.45, 7) is 8.16. The molecular formula is C17H27FN3O3S+. The highest BCUT2D eigenvalue weighted by Crippen LogP contribution is 2.16. The predicted octanol–water partition coefficient (Wildman–Crippen LogP) is -0.124. The summed E-state index contributed by atoms with van der Waals surface area (Å²) >= 11 is 0. The molecule has 1 heterocycles. The Hall–Kier alpha value is -1.51. The van der Waals surface area contributed by atoms with Gasteiger partial charge in [0.1, 0.15) is 5.82 Å².